The van der Waals surface area contributed by atoms with Gasteiger partial charge in [0.1, 0.15) is 6.10 Å². The quantitative estimate of drug-likeness (QED) is 0.634. The molecule has 6 heteroatoms. The highest BCUT2D eigenvalue weighted by Gasteiger charge is 2.26. The summed E-state index contributed by atoms with van der Waals surface area (Å²) in [6, 6.07) is 0. The molecule has 0 aromatic carbocycles. The van der Waals surface area contributed by atoms with E-state index in [1.54, 1.807) is 0 Å². The number of nitrogens with one attached hydrogen (secondary N) is 1. The van der Waals surface area contributed by atoms with Crippen molar-refractivity contribution in [3.63, 3.8) is 0 Å². The normalized spacial score (nSPS) is 19.2. The van der Waals surface area contributed by atoms with Crippen LogP contribution >= 0.6 is 0 Å². The standard InChI is InChI=1S/C15H32N4O2/c1-17(2)8-5-10-19(11-6-9-18(3)4)15(20)14-13-16-7-12-21-14/h14,16H,5-13H2,1-4H3. The molecule has 124 valence electrons. The van der Waals surface area contributed by atoms with Crippen molar-refractivity contribution in [1.29, 1.82) is 0 Å². The van der Waals surface area contributed by atoms with E-state index in [1.807, 2.05) is 4.90 Å². The molecule has 1 amide bonds. The maximum Gasteiger partial charge on any atom is 0.253 e. The van der Waals surface area contributed by atoms with Crippen LogP contribution in [0.3, 0.4) is 0 Å². The van der Waals surface area contributed by atoms with Crippen LogP contribution in [0.2, 0.25) is 0 Å². The Hall–Kier alpha value is -0.690. The van der Waals surface area contributed by atoms with Crippen molar-refractivity contribution in [2.24, 2.45) is 0 Å². The summed E-state index contributed by atoms with van der Waals surface area (Å²) in [6.45, 7) is 5.72. The van der Waals surface area contributed by atoms with Crippen LogP contribution in [-0.2, 0) is 9.53 Å². The van der Waals surface area contributed by atoms with E-state index >= 15 is 0 Å². The predicted molar refractivity (Wildman–Crippen MR) is 85.5 cm³/mol. The van der Waals surface area contributed by atoms with Crippen LogP contribution in [0.15, 0.2) is 0 Å². The van der Waals surface area contributed by atoms with Crippen LogP contribution in [0.5, 0.6) is 0 Å². The van der Waals surface area contributed by atoms with Crippen LogP contribution in [0.4, 0.5) is 0 Å². The van der Waals surface area contributed by atoms with Gasteiger partial charge >= 0.3 is 0 Å². The SMILES string of the molecule is CN(C)CCCN(CCCN(C)C)C(=O)C1CNCCO1. The topological polar surface area (TPSA) is 48.0 Å². The van der Waals surface area contributed by atoms with Crippen molar-refractivity contribution < 1.29 is 9.53 Å². The van der Waals surface area contributed by atoms with E-state index in [-0.39, 0.29) is 12.0 Å². The van der Waals surface area contributed by atoms with Crippen LogP contribution in [0.1, 0.15) is 12.8 Å². The van der Waals surface area contributed by atoms with Crippen molar-refractivity contribution in [3.05, 3.63) is 0 Å². The molecule has 1 saturated heterocycles. The molecule has 1 N–H and O–H groups in total. The second-order valence-electron chi connectivity index (χ2n) is 6.20. The first kappa shape index (κ1) is 18.4. The Morgan fingerprint density at radius 3 is 2.05 bits per heavy atom. The molecule has 1 aliphatic rings. The maximum absolute atomic E-state index is 12.6. The van der Waals surface area contributed by atoms with Gasteiger partial charge in [0.2, 0.25) is 0 Å². The van der Waals surface area contributed by atoms with Gasteiger partial charge in [-0.2, -0.15) is 0 Å². The number of morpholine rings is 1. The molecular formula is C15H32N4O2. The minimum atomic E-state index is -0.308. The van der Waals surface area contributed by atoms with E-state index in [4.69, 9.17) is 4.74 Å². The highest BCUT2D eigenvalue weighted by Crippen LogP contribution is 2.05. The number of hydrogen-bond donors (Lipinski definition) is 1. The van der Waals surface area contributed by atoms with Gasteiger partial charge in [-0.3, -0.25) is 4.79 Å². The molecular weight excluding hydrogens is 268 g/mol. The largest absolute Gasteiger partial charge is 0.366 e. The lowest BCUT2D eigenvalue weighted by Crippen LogP contribution is -2.50. The van der Waals surface area contributed by atoms with Crippen molar-refractivity contribution >= 4 is 5.91 Å². The first-order chi connectivity index (χ1) is 10.0. The zero-order valence-electron chi connectivity index (χ0n) is 14.1. The molecule has 0 aromatic rings. The number of hydrogen-bond acceptors (Lipinski definition) is 5. The molecule has 6 nitrogen and oxygen atoms in total. The minimum absolute atomic E-state index is 0.139. The maximum atomic E-state index is 12.6. The lowest BCUT2D eigenvalue weighted by atomic mass is 10.2. The number of ether oxygens (including phenoxy) is 1. The van der Waals surface area contributed by atoms with Gasteiger partial charge < -0.3 is 24.8 Å². The molecule has 0 bridgehead atoms. The molecule has 1 heterocycles. The minimum Gasteiger partial charge on any atom is -0.366 e. The van der Waals surface area contributed by atoms with E-state index < -0.39 is 0 Å². The summed E-state index contributed by atoms with van der Waals surface area (Å²) in [4.78, 5) is 18.9. The Balaban J connectivity index is 2.45. The van der Waals surface area contributed by atoms with Crippen LogP contribution in [0.25, 0.3) is 0 Å². The predicted octanol–water partition coefficient (Wildman–Crippen LogP) is -0.293. The van der Waals surface area contributed by atoms with Crippen molar-refractivity contribution in [2.45, 2.75) is 18.9 Å². The number of carbonyl (C=O) groups excluding carboxylic acids is 1. The van der Waals surface area contributed by atoms with Gasteiger partial charge in [0, 0.05) is 26.2 Å². The van der Waals surface area contributed by atoms with Gasteiger partial charge in [-0.25, -0.2) is 0 Å². The van der Waals surface area contributed by atoms with Crippen molar-refractivity contribution in [1.82, 2.24) is 20.0 Å². The molecule has 1 unspecified atom stereocenters. The lowest BCUT2D eigenvalue weighted by Gasteiger charge is -2.30. The number of rotatable bonds is 9. The number of amides is 1. The van der Waals surface area contributed by atoms with Crippen molar-refractivity contribution in [2.75, 3.05) is 74.1 Å². The molecule has 1 aliphatic heterocycles. The van der Waals surface area contributed by atoms with Gasteiger partial charge in [-0.05, 0) is 54.1 Å². The van der Waals surface area contributed by atoms with Crippen molar-refractivity contribution in [3.8, 4) is 0 Å². The van der Waals surface area contributed by atoms with Crippen LogP contribution < -0.4 is 5.32 Å². The molecule has 0 aliphatic carbocycles. The Kier molecular flexibility index (Phi) is 8.84. The molecule has 0 radical (unpaired) electrons. The summed E-state index contributed by atoms with van der Waals surface area (Å²) in [5, 5.41) is 3.23. The molecule has 1 fully saturated rings. The smallest absolute Gasteiger partial charge is 0.253 e. The summed E-state index contributed by atoms with van der Waals surface area (Å²) in [5.74, 6) is 0.139. The average molecular weight is 300 g/mol. The summed E-state index contributed by atoms with van der Waals surface area (Å²) < 4.78 is 5.60. The Bertz CT molecular complexity index is 277. The fourth-order valence-corrected chi connectivity index (χ4v) is 2.42. The van der Waals surface area contributed by atoms with E-state index in [0.717, 1.165) is 45.6 Å². The van der Waals surface area contributed by atoms with E-state index in [9.17, 15) is 4.79 Å². The van der Waals surface area contributed by atoms with E-state index in [2.05, 4.69) is 43.3 Å². The monoisotopic (exact) mass is 300 g/mol. The molecule has 1 atom stereocenters. The third kappa shape index (κ3) is 7.76. The zero-order valence-corrected chi connectivity index (χ0v) is 14.1. The van der Waals surface area contributed by atoms with E-state index in [0.29, 0.717) is 13.2 Å². The first-order valence-electron chi connectivity index (χ1n) is 7.91. The highest BCUT2D eigenvalue weighted by atomic mass is 16.5. The summed E-state index contributed by atoms with van der Waals surface area (Å²) >= 11 is 0. The molecule has 1 rings (SSSR count). The molecule has 21 heavy (non-hydrogen) atoms. The molecule has 0 spiro atoms. The second-order valence-corrected chi connectivity index (χ2v) is 6.20. The lowest BCUT2D eigenvalue weighted by molar-refractivity contribution is -0.145. The fourth-order valence-electron chi connectivity index (χ4n) is 2.42. The summed E-state index contributed by atoms with van der Waals surface area (Å²) in [5.41, 5.74) is 0. The molecule has 0 aromatic heterocycles. The van der Waals surface area contributed by atoms with Gasteiger partial charge in [0.25, 0.3) is 5.91 Å². The third-order valence-electron chi connectivity index (χ3n) is 3.58. The third-order valence-corrected chi connectivity index (χ3v) is 3.58. The van der Waals surface area contributed by atoms with E-state index in [1.165, 1.54) is 0 Å². The molecule has 0 saturated carbocycles. The Morgan fingerprint density at radius 2 is 1.62 bits per heavy atom. The average Bonchev–Trinajstić information content (AvgIpc) is 2.45. The fraction of sp³-hybridized carbons (Fsp3) is 0.933. The first-order valence-corrected chi connectivity index (χ1v) is 7.91. The number of nitrogens with zero attached hydrogens (tertiary/aromatic N) is 3. The van der Waals surface area contributed by atoms with Gasteiger partial charge in [-0.15, -0.1) is 0 Å². The number of carbonyl (C=O) groups is 1. The summed E-state index contributed by atoms with van der Waals surface area (Å²) in [6.07, 6.45) is 1.69. The van der Waals surface area contributed by atoms with Gasteiger partial charge in [-0.1, -0.05) is 0 Å². The Labute approximate surface area is 129 Å². The second kappa shape index (κ2) is 10.1. The zero-order chi connectivity index (χ0) is 15.7. The highest BCUT2D eigenvalue weighted by molar-refractivity contribution is 5.81. The van der Waals surface area contributed by atoms with Crippen LogP contribution in [-0.4, -0.2) is 101 Å². The van der Waals surface area contributed by atoms with Crippen LogP contribution in [0, 0.1) is 0 Å². The summed E-state index contributed by atoms with van der Waals surface area (Å²) in [7, 11) is 8.25. The van der Waals surface area contributed by atoms with Gasteiger partial charge in [0.15, 0.2) is 0 Å². The van der Waals surface area contributed by atoms with Gasteiger partial charge in [0.05, 0.1) is 6.61 Å². The Morgan fingerprint density at radius 1 is 1.05 bits per heavy atom.